The van der Waals surface area contributed by atoms with Crippen LogP contribution in [0.1, 0.15) is 35.4 Å². The molecule has 0 unspecified atom stereocenters. The number of aromatic nitrogens is 2. The van der Waals surface area contributed by atoms with Gasteiger partial charge in [-0.05, 0) is 50.0 Å². The highest BCUT2D eigenvalue weighted by molar-refractivity contribution is 5.79. The Morgan fingerprint density at radius 3 is 2.17 bits per heavy atom. The summed E-state index contributed by atoms with van der Waals surface area (Å²) in [6.07, 6.45) is 1.66. The highest BCUT2D eigenvalue weighted by Gasteiger charge is 2.29. The first kappa shape index (κ1) is 23.9. The lowest BCUT2D eigenvalue weighted by molar-refractivity contribution is -0.138. The normalized spacial score (nSPS) is 14.6. The van der Waals surface area contributed by atoms with E-state index in [4.69, 9.17) is 4.52 Å². The van der Waals surface area contributed by atoms with E-state index in [-0.39, 0.29) is 11.8 Å². The molecule has 4 aromatic rings. The molecule has 36 heavy (non-hydrogen) atoms. The average Bonchev–Trinajstić information content (AvgIpc) is 3.38. The van der Waals surface area contributed by atoms with E-state index in [2.05, 4.69) is 58.4 Å². The summed E-state index contributed by atoms with van der Waals surface area (Å²) in [4.78, 5) is 22.5. The van der Waals surface area contributed by atoms with Gasteiger partial charge in [0, 0.05) is 24.6 Å². The van der Waals surface area contributed by atoms with Gasteiger partial charge in [0.2, 0.25) is 17.6 Å². The number of nitrogens with zero attached hydrogens (tertiary/aromatic N) is 4. The van der Waals surface area contributed by atoms with Gasteiger partial charge in [-0.25, -0.2) is 0 Å². The Labute approximate surface area is 212 Å². The van der Waals surface area contributed by atoms with Gasteiger partial charge >= 0.3 is 0 Å². The molecule has 1 aliphatic heterocycles. The van der Waals surface area contributed by atoms with Crippen molar-refractivity contribution in [3.63, 3.8) is 0 Å². The van der Waals surface area contributed by atoms with E-state index in [0.717, 1.165) is 42.6 Å². The monoisotopic (exact) mass is 480 g/mol. The largest absolute Gasteiger partial charge is 0.338 e. The van der Waals surface area contributed by atoms with Crippen LogP contribution in [-0.2, 0) is 24.4 Å². The molecule has 0 atom stereocenters. The number of amides is 1. The van der Waals surface area contributed by atoms with E-state index < -0.39 is 0 Å². The standard InChI is InChI=1S/C30H32N4O2/c1-23-9-8-14-27(19-23)29-31-28(36-32-29)22-33-17-15-26(16-18-33)30(35)34(20-24-10-4-2-5-11-24)21-25-12-6-3-7-13-25/h2-14,19,26H,15-18,20-22H2,1H3. The molecular weight excluding hydrogens is 448 g/mol. The molecule has 1 fully saturated rings. The molecule has 1 saturated heterocycles. The quantitative estimate of drug-likeness (QED) is 0.334. The molecule has 184 valence electrons. The van der Waals surface area contributed by atoms with Crippen molar-refractivity contribution in [3.05, 3.63) is 108 Å². The van der Waals surface area contributed by atoms with Crippen molar-refractivity contribution >= 4 is 5.91 Å². The highest BCUT2D eigenvalue weighted by Crippen LogP contribution is 2.24. The summed E-state index contributed by atoms with van der Waals surface area (Å²) < 4.78 is 5.53. The lowest BCUT2D eigenvalue weighted by atomic mass is 9.94. The van der Waals surface area contributed by atoms with Crippen molar-refractivity contribution in [2.75, 3.05) is 13.1 Å². The second kappa shape index (κ2) is 11.3. The number of piperidine rings is 1. The van der Waals surface area contributed by atoms with Gasteiger partial charge < -0.3 is 9.42 Å². The van der Waals surface area contributed by atoms with Crippen LogP contribution >= 0.6 is 0 Å². The first-order valence-corrected chi connectivity index (χ1v) is 12.6. The van der Waals surface area contributed by atoms with Crippen LogP contribution < -0.4 is 0 Å². The third-order valence-corrected chi connectivity index (χ3v) is 6.78. The fourth-order valence-electron chi connectivity index (χ4n) is 4.83. The van der Waals surface area contributed by atoms with Crippen LogP contribution in [0.4, 0.5) is 0 Å². The molecule has 1 amide bonds. The smallest absolute Gasteiger partial charge is 0.241 e. The summed E-state index contributed by atoms with van der Waals surface area (Å²) in [6, 6.07) is 28.6. The number of carbonyl (C=O) groups is 1. The Kier molecular flexibility index (Phi) is 7.52. The molecule has 6 nitrogen and oxygen atoms in total. The fraction of sp³-hybridized carbons (Fsp3) is 0.300. The van der Waals surface area contributed by atoms with Crippen LogP contribution in [0.3, 0.4) is 0 Å². The van der Waals surface area contributed by atoms with E-state index in [9.17, 15) is 4.79 Å². The minimum Gasteiger partial charge on any atom is -0.338 e. The van der Waals surface area contributed by atoms with E-state index in [0.29, 0.717) is 31.3 Å². The zero-order chi connectivity index (χ0) is 24.7. The van der Waals surface area contributed by atoms with Crippen LogP contribution in [0.15, 0.2) is 89.5 Å². The maximum absolute atomic E-state index is 13.6. The second-order valence-electron chi connectivity index (χ2n) is 9.60. The molecule has 2 heterocycles. The van der Waals surface area contributed by atoms with Gasteiger partial charge in [-0.3, -0.25) is 9.69 Å². The van der Waals surface area contributed by atoms with Crippen molar-refractivity contribution < 1.29 is 9.32 Å². The van der Waals surface area contributed by atoms with E-state index >= 15 is 0 Å². The maximum Gasteiger partial charge on any atom is 0.241 e. The number of hydrogen-bond donors (Lipinski definition) is 0. The fourth-order valence-corrected chi connectivity index (χ4v) is 4.83. The van der Waals surface area contributed by atoms with Gasteiger partial charge in [0.05, 0.1) is 6.54 Å². The minimum atomic E-state index is 0.0271. The molecule has 1 aliphatic rings. The van der Waals surface area contributed by atoms with E-state index in [1.165, 1.54) is 5.56 Å². The molecule has 0 saturated carbocycles. The van der Waals surface area contributed by atoms with Crippen molar-refractivity contribution in [2.45, 2.75) is 39.4 Å². The van der Waals surface area contributed by atoms with Gasteiger partial charge in [0.15, 0.2) is 0 Å². The summed E-state index contributed by atoms with van der Waals surface area (Å²) in [5.74, 6) is 1.50. The summed E-state index contributed by atoms with van der Waals surface area (Å²) >= 11 is 0. The molecule has 3 aromatic carbocycles. The van der Waals surface area contributed by atoms with Gasteiger partial charge in [0.1, 0.15) is 0 Å². The summed E-state index contributed by atoms with van der Waals surface area (Å²) in [6.45, 7) is 5.58. The van der Waals surface area contributed by atoms with Crippen LogP contribution in [0.5, 0.6) is 0 Å². The number of carbonyl (C=O) groups excluding carboxylic acids is 1. The third-order valence-electron chi connectivity index (χ3n) is 6.78. The van der Waals surface area contributed by atoms with Gasteiger partial charge in [0.25, 0.3) is 0 Å². The predicted octanol–water partition coefficient (Wildman–Crippen LogP) is 5.49. The number of hydrogen-bond acceptors (Lipinski definition) is 5. The molecule has 1 aromatic heterocycles. The summed E-state index contributed by atoms with van der Waals surface area (Å²) in [5, 5.41) is 4.17. The Morgan fingerprint density at radius 2 is 1.56 bits per heavy atom. The average molecular weight is 481 g/mol. The lowest BCUT2D eigenvalue weighted by Gasteiger charge is -2.34. The molecule has 0 radical (unpaired) electrons. The van der Waals surface area contributed by atoms with Crippen LogP contribution in [0.25, 0.3) is 11.4 Å². The SMILES string of the molecule is Cc1cccc(-c2noc(CN3CCC(C(=O)N(Cc4ccccc4)Cc4ccccc4)CC3)n2)c1. The second-order valence-corrected chi connectivity index (χ2v) is 9.60. The minimum absolute atomic E-state index is 0.0271. The molecule has 6 heteroatoms. The van der Waals surface area contributed by atoms with Crippen LogP contribution in [0, 0.1) is 12.8 Å². The highest BCUT2D eigenvalue weighted by atomic mass is 16.5. The zero-order valence-electron chi connectivity index (χ0n) is 20.7. The van der Waals surface area contributed by atoms with Crippen LogP contribution in [-0.4, -0.2) is 38.9 Å². The molecule has 0 bridgehead atoms. The Morgan fingerprint density at radius 1 is 0.917 bits per heavy atom. The Hall–Kier alpha value is -3.77. The van der Waals surface area contributed by atoms with E-state index in [1.807, 2.05) is 53.4 Å². The predicted molar refractivity (Wildman–Crippen MR) is 140 cm³/mol. The van der Waals surface area contributed by atoms with Crippen molar-refractivity contribution in [2.24, 2.45) is 5.92 Å². The molecule has 0 aliphatic carbocycles. The number of rotatable bonds is 8. The first-order valence-electron chi connectivity index (χ1n) is 12.6. The summed E-state index contributed by atoms with van der Waals surface area (Å²) in [5.41, 5.74) is 4.44. The maximum atomic E-state index is 13.6. The van der Waals surface area contributed by atoms with Gasteiger partial charge in [-0.1, -0.05) is 89.6 Å². The molecule has 5 rings (SSSR count). The first-order chi connectivity index (χ1) is 17.6. The number of aryl methyl sites for hydroxylation is 1. The number of benzene rings is 3. The van der Waals surface area contributed by atoms with Gasteiger partial charge in [-0.15, -0.1) is 0 Å². The Bertz CT molecular complexity index is 1220. The Balaban J connectivity index is 1.20. The van der Waals surface area contributed by atoms with E-state index in [1.54, 1.807) is 0 Å². The van der Waals surface area contributed by atoms with Crippen molar-refractivity contribution in [3.8, 4) is 11.4 Å². The number of likely N-dealkylation sites (tertiary alicyclic amines) is 1. The van der Waals surface area contributed by atoms with Gasteiger partial charge in [-0.2, -0.15) is 4.98 Å². The van der Waals surface area contributed by atoms with Crippen molar-refractivity contribution in [1.82, 2.24) is 19.9 Å². The zero-order valence-corrected chi connectivity index (χ0v) is 20.7. The lowest BCUT2D eigenvalue weighted by Crippen LogP contribution is -2.42. The molecule has 0 N–H and O–H groups in total. The third kappa shape index (κ3) is 6.07. The topological polar surface area (TPSA) is 62.5 Å². The molecular formula is C30H32N4O2. The molecule has 0 spiro atoms. The van der Waals surface area contributed by atoms with Crippen molar-refractivity contribution in [1.29, 1.82) is 0 Å². The van der Waals surface area contributed by atoms with Crippen LogP contribution in [0.2, 0.25) is 0 Å². The summed E-state index contributed by atoms with van der Waals surface area (Å²) in [7, 11) is 0.